The number of nitrogens with one attached hydrogen (secondary N) is 1. The lowest BCUT2D eigenvalue weighted by atomic mass is 9.99. The van der Waals surface area contributed by atoms with Gasteiger partial charge in [0.2, 0.25) is 11.7 Å². The minimum atomic E-state index is 0.0170. The smallest absolute Gasteiger partial charge is 0.231 e. The maximum Gasteiger partial charge on any atom is 0.231 e. The highest BCUT2D eigenvalue weighted by Crippen LogP contribution is 2.42. The molecule has 1 heterocycles. The van der Waals surface area contributed by atoms with E-state index in [9.17, 15) is 0 Å². The standard InChI is InChI=1S/C16H29N3O2/c1-5-10-17-13(6-2)11(4)16-18-15(19-21-16)14(20-7-3)12-8-9-12/h11-14,17H,5-10H2,1-4H3. The number of ether oxygens (including phenoxy) is 1. The lowest BCUT2D eigenvalue weighted by molar-refractivity contribution is 0.0384. The van der Waals surface area contributed by atoms with Gasteiger partial charge in [0.05, 0.1) is 5.92 Å². The zero-order valence-electron chi connectivity index (χ0n) is 13.8. The second kappa shape index (κ2) is 7.90. The van der Waals surface area contributed by atoms with Gasteiger partial charge in [-0.25, -0.2) is 0 Å². The molecule has 0 bridgehead atoms. The normalized spacial score (nSPS) is 19.4. The molecule has 0 aliphatic heterocycles. The Morgan fingerprint density at radius 1 is 1.33 bits per heavy atom. The van der Waals surface area contributed by atoms with Crippen molar-refractivity contribution in [1.29, 1.82) is 0 Å². The second-order valence-electron chi connectivity index (χ2n) is 5.96. The van der Waals surface area contributed by atoms with E-state index in [-0.39, 0.29) is 12.0 Å². The van der Waals surface area contributed by atoms with Gasteiger partial charge in [-0.15, -0.1) is 0 Å². The number of hydrogen-bond donors (Lipinski definition) is 1. The Labute approximate surface area is 127 Å². The number of nitrogens with zero attached hydrogens (tertiary/aromatic N) is 2. The highest BCUT2D eigenvalue weighted by Gasteiger charge is 2.36. The maximum atomic E-state index is 5.80. The van der Waals surface area contributed by atoms with Crippen LogP contribution in [0.4, 0.5) is 0 Å². The molecule has 0 spiro atoms. The van der Waals surface area contributed by atoms with Crippen LogP contribution in [-0.4, -0.2) is 29.3 Å². The summed E-state index contributed by atoms with van der Waals surface area (Å²) in [5.74, 6) is 2.26. The summed E-state index contributed by atoms with van der Waals surface area (Å²) in [6, 6.07) is 0.379. The van der Waals surface area contributed by atoms with Crippen LogP contribution in [0, 0.1) is 5.92 Å². The van der Waals surface area contributed by atoms with Crippen LogP contribution >= 0.6 is 0 Å². The van der Waals surface area contributed by atoms with Gasteiger partial charge in [-0.3, -0.25) is 0 Å². The molecule has 0 radical (unpaired) electrons. The Balaban J connectivity index is 2.03. The van der Waals surface area contributed by atoms with Crippen molar-refractivity contribution in [2.75, 3.05) is 13.2 Å². The highest BCUT2D eigenvalue weighted by atomic mass is 16.5. The van der Waals surface area contributed by atoms with Crippen LogP contribution in [0.2, 0.25) is 0 Å². The van der Waals surface area contributed by atoms with E-state index in [2.05, 4.69) is 36.2 Å². The lowest BCUT2D eigenvalue weighted by Gasteiger charge is -2.20. The Morgan fingerprint density at radius 3 is 2.67 bits per heavy atom. The van der Waals surface area contributed by atoms with Crippen molar-refractivity contribution in [3.63, 3.8) is 0 Å². The van der Waals surface area contributed by atoms with Crippen LogP contribution in [0.5, 0.6) is 0 Å². The van der Waals surface area contributed by atoms with Crippen molar-refractivity contribution in [1.82, 2.24) is 15.5 Å². The molecule has 2 rings (SSSR count). The van der Waals surface area contributed by atoms with Gasteiger partial charge in [-0.2, -0.15) is 4.98 Å². The second-order valence-corrected chi connectivity index (χ2v) is 5.96. The van der Waals surface area contributed by atoms with Crippen molar-refractivity contribution < 1.29 is 9.26 Å². The largest absolute Gasteiger partial charge is 0.370 e. The van der Waals surface area contributed by atoms with Gasteiger partial charge in [-0.1, -0.05) is 25.9 Å². The summed E-state index contributed by atoms with van der Waals surface area (Å²) in [4.78, 5) is 4.62. The van der Waals surface area contributed by atoms with Crippen LogP contribution in [-0.2, 0) is 4.74 Å². The van der Waals surface area contributed by atoms with E-state index >= 15 is 0 Å². The van der Waals surface area contributed by atoms with E-state index in [1.54, 1.807) is 0 Å². The Kier molecular flexibility index (Phi) is 6.18. The Morgan fingerprint density at radius 2 is 2.10 bits per heavy atom. The molecule has 1 aromatic rings. The molecule has 3 atom stereocenters. The molecule has 1 aromatic heterocycles. The molecule has 0 amide bonds. The van der Waals surface area contributed by atoms with E-state index in [1.807, 2.05) is 6.92 Å². The first-order valence-electron chi connectivity index (χ1n) is 8.39. The van der Waals surface area contributed by atoms with Gasteiger partial charge in [0.25, 0.3) is 0 Å². The molecule has 1 saturated carbocycles. The fourth-order valence-corrected chi connectivity index (χ4v) is 2.72. The molecule has 5 heteroatoms. The SMILES string of the molecule is CCCNC(CC)C(C)c1nc(C(OCC)C2CC2)no1. The quantitative estimate of drug-likeness (QED) is 0.716. The third-order valence-electron chi connectivity index (χ3n) is 4.20. The van der Waals surface area contributed by atoms with Gasteiger partial charge < -0.3 is 14.6 Å². The highest BCUT2D eigenvalue weighted by molar-refractivity contribution is 5.02. The fraction of sp³-hybridized carbons (Fsp3) is 0.875. The summed E-state index contributed by atoms with van der Waals surface area (Å²) in [5, 5.41) is 7.73. The fourth-order valence-electron chi connectivity index (χ4n) is 2.72. The molecular formula is C16H29N3O2. The van der Waals surface area contributed by atoms with E-state index in [4.69, 9.17) is 9.26 Å². The molecule has 1 aliphatic carbocycles. The van der Waals surface area contributed by atoms with Gasteiger partial charge in [0, 0.05) is 12.6 Å². The third kappa shape index (κ3) is 4.27. The van der Waals surface area contributed by atoms with Gasteiger partial charge in [0.15, 0.2) is 0 Å². The van der Waals surface area contributed by atoms with Gasteiger partial charge in [-0.05, 0) is 45.1 Å². The van der Waals surface area contributed by atoms with Gasteiger partial charge in [0.1, 0.15) is 6.10 Å². The summed E-state index contributed by atoms with van der Waals surface area (Å²) in [6.07, 6.45) is 4.62. The van der Waals surface area contributed by atoms with Crippen molar-refractivity contribution in [3.05, 3.63) is 11.7 Å². The first-order valence-corrected chi connectivity index (χ1v) is 8.39. The van der Waals surface area contributed by atoms with E-state index in [0.717, 1.165) is 31.1 Å². The Hall–Kier alpha value is -0.940. The number of hydrogen-bond acceptors (Lipinski definition) is 5. The predicted molar refractivity (Wildman–Crippen MR) is 82.2 cm³/mol. The van der Waals surface area contributed by atoms with Crippen LogP contribution in [0.15, 0.2) is 4.52 Å². The summed E-state index contributed by atoms with van der Waals surface area (Å²) >= 11 is 0. The van der Waals surface area contributed by atoms with Crippen molar-refractivity contribution in [3.8, 4) is 0 Å². The predicted octanol–water partition coefficient (Wildman–Crippen LogP) is 3.44. The molecule has 5 nitrogen and oxygen atoms in total. The topological polar surface area (TPSA) is 60.2 Å². The summed E-state index contributed by atoms with van der Waals surface area (Å²) in [7, 11) is 0. The maximum absolute atomic E-state index is 5.80. The summed E-state index contributed by atoms with van der Waals surface area (Å²) in [6.45, 7) is 10.2. The van der Waals surface area contributed by atoms with E-state index < -0.39 is 0 Å². The van der Waals surface area contributed by atoms with Crippen LogP contribution in [0.3, 0.4) is 0 Å². The molecule has 120 valence electrons. The Bertz CT molecular complexity index is 417. The van der Waals surface area contributed by atoms with Crippen molar-refractivity contribution in [2.24, 2.45) is 5.92 Å². The minimum Gasteiger partial charge on any atom is -0.370 e. The van der Waals surface area contributed by atoms with E-state index in [0.29, 0.717) is 18.6 Å². The monoisotopic (exact) mass is 295 g/mol. The zero-order chi connectivity index (χ0) is 15.2. The number of aromatic nitrogens is 2. The minimum absolute atomic E-state index is 0.0170. The summed E-state index contributed by atoms with van der Waals surface area (Å²) in [5.41, 5.74) is 0. The first kappa shape index (κ1) is 16.4. The average molecular weight is 295 g/mol. The number of rotatable bonds is 10. The molecule has 21 heavy (non-hydrogen) atoms. The molecule has 0 saturated heterocycles. The van der Waals surface area contributed by atoms with Gasteiger partial charge >= 0.3 is 0 Å². The molecule has 3 unspecified atom stereocenters. The molecular weight excluding hydrogens is 266 g/mol. The third-order valence-corrected chi connectivity index (χ3v) is 4.20. The van der Waals surface area contributed by atoms with E-state index in [1.165, 1.54) is 12.8 Å². The zero-order valence-corrected chi connectivity index (χ0v) is 13.8. The van der Waals surface area contributed by atoms with Crippen LogP contribution < -0.4 is 5.32 Å². The lowest BCUT2D eigenvalue weighted by Crippen LogP contribution is -2.33. The van der Waals surface area contributed by atoms with Crippen LogP contribution in [0.25, 0.3) is 0 Å². The van der Waals surface area contributed by atoms with Crippen molar-refractivity contribution in [2.45, 2.75) is 71.4 Å². The average Bonchev–Trinajstić information content (AvgIpc) is 3.21. The summed E-state index contributed by atoms with van der Waals surface area (Å²) < 4.78 is 11.3. The molecule has 0 aromatic carbocycles. The molecule has 1 N–H and O–H groups in total. The van der Waals surface area contributed by atoms with Crippen molar-refractivity contribution >= 4 is 0 Å². The molecule has 1 aliphatic rings. The van der Waals surface area contributed by atoms with Crippen LogP contribution in [0.1, 0.15) is 77.1 Å². The molecule has 1 fully saturated rings. The first-order chi connectivity index (χ1) is 10.2.